The first-order valence-corrected chi connectivity index (χ1v) is 9.70. The van der Waals surface area contributed by atoms with Gasteiger partial charge in [-0.3, -0.25) is 9.20 Å². The molecular formula is C23H26F2N2O3. The summed E-state index contributed by atoms with van der Waals surface area (Å²) in [7, 11) is 0. The van der Waals surface area contributed by atoms with Gasteiger partial charge in [0.15, 0.2) is 17.2 Å². The Morgan fingerprint density at radius 1 is 1.23 bits per heavy atom. The zero-order chi connectivity index (χ0) is 20.5. The van der Waals surface area contributed by atoms with Gasteiger partial charge in [0.05, 0.1) is 17.4 Å². The lowest BCUT2D eigenvalue weighted by molar-refractivity contribution is 0.0862. The van der Waals surface area contributed by atoms with Crippen molar-refractivity contribution in [2.45, 2.75) is 52.7 Å². The van der Waals surface area contributed by atoms with Crippen LogP contribution in [0.4, 0.5) is 8.78 Å². The molecule has 2 atom stereocenters. The Morgan fingerprint density at radius 2 is 1.97 bits per heavy atom. The molecule has 1 N–H and O–H groups in total. The van der Waals surface area contributed by atoms with Gasteiger partial charge in [0.25, 0.3) is 0 Å². The van der Waals surface area contributed by atoms with Crippen molar-refractivity contribution in [2.24, 2.45) is 5.92 Å². The molecule has 0 radical (unpaired) electrons. The Hall–Kier alpha value is -2.80. The van der Waals surface area contributed by atoms with Crippen molar-refractivity contribution in [3.8, 4) is 5.75 Å². The van der Waals surface area contributed by atoms with Crippen molar-refractivity contribution in [3.63, 3.8) is 0 Å². The quantitative estimate of drug-likeness (QED) is 0.583. The van der Waals surface area contributed by atoms with Crippen LogP contribution in [0.15, 0.2) is 36.5 Å². The number of nitrogens with zero attached hydrogens (tertiary/aromatic N) is 2. The Kier molecular flexibility index (Phi) is 6.51. The van der Waals surface area contributed by atoms with Crippen LogP contribution in [0.1, 0.15) is 54.9 Å². The molecule has 0 saturated heterocycles. The number of aromatic nitrogens is 2. The predicted octanol–water partition coefficient (Wildman–Crippen LogP) is 4.87. The van der Waals surface area contributed by atoms with Gasteiger partial charge in [-0.2, -0.15) is 0 Å². The summed E-state index contributed by atoms with van der Waals surface area (Å²) < 4.78 is 35.0. The summed E-state index contributed by atoms with van der Waals surface area (Å²) in [4.78, 5) is 17.4. The first kappa shape index (κ1) is 21.9. The largest absolute Gasteiger partial charge is 0.485 e. The number of imidazole rings is 1. The first-order valence-electron chi connectivity index (χ1n) is 9.70. The first-order chi connectivity index (χ1) is 14.0. The number of hydrogen-bond donors (Lipinski definition) is 1. The van der Waals surface area contributed by atoms with Crippen molar-refractivity contribution in [3.05, 3.63) is 65.1 Å². The molecule has 7 heteroatoms. The molecule has 1 fully saturated rings. The lowest BCUT2D eigenvalue weighted by Gasteiger charge is -2.13. The van der Waals surface area contributed by atoms with E-state index in [2.05, 4.69) is 4.98 Å². The van der Waals surface area contributed by atoms with Gasteiger partial charge in [-0.15, -0.1) is 0 Å². The smallest absolute Gasteiger partial charge is 0.181 e. The average Bonchev–Trinajstić information content (AvgIpc) is 3.23. The molecule has 4 rings (SSSR count). The number of hydrogen-bond acceptors (Lipinski definition) is 4. The summed E-state index contributed by atoms with van der Waals surface area (Å²) in [5, 5.41) is 10.0. The van der Waals surface area contributed by atoms with Gasteiger partial charge in [0, 0.05) is 12.6 Å². The summed E-state index contributed by atoms with van der Waals surface area (Å²) >= 11 is 0. The number of ketones is 1. The Morgan fingerprint density at radius 3 is 2.63 bits per heavy atom. The minimum Gasteiger partial charge on any atom is -0.485 e. The number of carbonyl (C=O) groups excluding carboxylic acids is 1. The van der Waals surface area contributed by atoms with Gasteiger partial charge in [-0.25, -0.2) is 13.8 Å². The van der Waals surface area contributed by atoms with Gasteiger partial charge in [-0.1, -0.05) is 19.9 Å². The van der Waals surface area contributed by atoms with Gasteiger partial charge in [-0.05, 0) is 49.9 Å². The Bertz CT molecular complexity index is 1040. The standard InChI is InChI=1S/C22H22F2N2O3.CH4/c1-13-21(19(28)11-14-5-2-8-18(14)27)26-10-4-9-20(22(26)25-13)29-12-15-16(23)6-3-7-17(15)24;/h3-4,6-7,9-10,14,18,27H,2,5,8,11-12H2,1H3;1H4/t14-,18+;/m1./s1. The van der Waals surface area contributed by atoms with Crippen LogP contribution in [-0.4, -0.2) is 26.4 Å². The highest BCUT2D eigenvalue weighted by molar-refractivity contribution is 5.97. The van der Waals surface area contributed by atoms with Gasteiger partial charge < -0.3 is 9.84 Å². The van der Waals surface area contributed by atoms with Crippen LogP contribution in [0, 0.1) is 24.5 Å². The summed E-state index contributed by atoms with van der Waals surface area (Å²) in [6.45, 7) is 1.45. The maximum Gasteiger partial charge on any atom is 0.181 e. The van der Waals surface area contributed by atoms with E-state index in [4.69, 9.17) is 4.74 Å². The minimum atomic E-state index is -0.678. The topological polar surface area (TPSA) is 63.8 Å². The van der Waals surface area contributed by atoms with Crippen LogP contribution in [0.2, 0.25) is 0 Å². The fourth-order valence-electron chi connectivity index (χ4n) is 4.01. The number of rotatable bonds is 6. The third kappa shape index (κ3) is 4.07. The Balaban J connectivity index is 0.00000256. The van der Waals surface area contributed by atoms with Crippen molar-refractivity contribution < 1.29 is 23.4 Å². The molecule has 1 saturated carbocycles. The van der Waals surface area contributed by atoms with Crippen LogP contribution in [0.5, 0.6) is 5.75 Å². The molecular weight excluding hydrogens is 390 g/mol. The molecule has 0 unspecified atom stereocenters. The van der Waals surface area contributed by atoms with Crippen molar-refractivity contribution in [1.82, 2.24) is 9.38 Å². The molecule has 1 aromatic carbocycles. The van der Waals surface area contributed by atoms with E-state index in [1.807, 2.05) is 0 Å². The SMILES string of the molecule is C.Cc1nc2c(OCc3c(F)cccc3F)cccn2c1C(=O)C[C@H]1CCC[C@@H]1O. The molecule has 1 aliphatic rings. The number of aliphatic hydroxyl groups is 1. The van der Waals surface area contributed by atoms with Crippen molar-refractivity contribution in [2.75, 3.05) is 0 Å². The van der Waals surface area contributed by atoms with Crippen LogP contribution in [0.3, 0.4) is 0 Å². The minimum absolute atomic E-state index is 0. The maximum atomic E-state index is 13.9. The van der Waals surface area contributed by atoms with E-state index in [1.165, 1.54) is 18.2 Å². The number of aliphatic hydroxyl groups excluding tert-OH is 1. The fourth-order valence-corrected chi connectivity index (χ4v) is 4.01. The van der Waals surface area contributed by atoms with E-state index < -0.39 is 17.7 Å². The summed E-state index contributed by atoms with van der Waals surface area (Å²) in [6.07, 6.45) is 4.04. The van der Waals surface area contributed by atoms with E-state index in [1.54, 1.807) is 29.7 Å². The van der Waals surface area contributed by atoms with Crippen LogP contribution in [-0.2, 0) is 6.61 Å². The molecule has 1 aliphatic carbocycles. The molecule has 2 aromatic heterocycles. The molecule has 0 aliphatic heterocycles. The average molecular weight is 416 g/mol. The maximum absolute atomic E-state index is 13.9. The molecule has 2 heterocycles. The molecule has 0 bridgehead atoms. The van der Waals surface area contributed by atoms with Gasteiger partial charge >= 0.3 is 0 Å². The second kappa shape index (κ2) is 8.92. The second-order valence-corrected chi connectivity index (χ2v) is 7.49. The monoisotopic (exact) mass is 416 g/mol. The van der Waals surface area contributed by atoms with E-state index in [9.17, 15) is 18.7 Å². The highest BCUT2D eigenvalue weighted by Crippen LogP contribution is 2.31. The van der Waals surface area contributed by atoms with Crippen molar-refractivity contribution in [1.29, 1.82) is 0 Å². The fraction of sp³-hybridized carbons (Fsp3) is 0.391. The molecule has 30 heavy (non-hydrogen) atoms. The molecule has 0 spiro atoms. The highest BCUT2D eigenvalue weighted by Gasteiger charge is 2.29. The Labute approximate surface area is 174 Å². The third-order valence-corrected chi connectivity index (χ3v) is 5.55. The second-order valence-electron chi connectivity index (χ2n) is 7.49. The zero-order valence-electron chi connectivity index (χ0n) is 16.1. The number of aryl methyl sites for hydroxylation is 1. The van der Waals surface area contributed by atoms with E-state index in [0.717, 1.165) is 19.3 Å². The summed E-state index contributed by atoms with van der Waals surface area (Å²) in [6, 6.07) is 7.00. The number of ether oxygens (including phenoxy) is 1. The van der Waals surface area contributed by atoms with Gasteiger partial charge in [0.1, 0.15) is 23.9 Å². The molecule has 3 aromatic rings. The van der Waals surface area contributed by atoms with Crippen LogP contribution in [0.25, 0.3) is 5.65 Å². The lowest BCUT2D eigenvalue weighted by Crippen LogP contribution is -2.18. The number of Topliss-reactive ketones (excluding diaryl/α,β-unsaturated/α-hetero) is 1. The number of fused-ring (bicyclic) bond motifs is 1. The van der Waals surface area contributed by atoms with Gasteiger partial charge in [0.2, 0.25) is 0 Å². The van der Waals surface area contributed by atoms with Crippen molar-refractivity contribution >= 4 is 11.4 Å². The summed E-state index contributed by atoms with van der Waals surface area (Å²) in [5.74, 6) is -1.14. The molecule has 0 amide bonds. The number of pyridine rings is 1. The van der Waals surface area contributed by atoms with Crippen LogP contribution < -0.4 is 4.74 Å². The number of halogens is 2. The number of carbonyl (C=O) groups is 1. The zero-order valence-corrected chi connectivity index (χ0v) is 16.1. The van der Waals surface area contributed by atoms with E-state index in [0.29, 0.717) is 22.8 Å². The molecule has 160 valence electrons. The van der Waals surface area contributed by atoms with E-state index in [-0.39, 0.29) is 37.7 Å². The van der Waals surface area contributed by atoms with E-state index >= 15 is 0 Å². The number of benzene rings is 1. The predicted molar refractivity (Wildman–Crippen MR) is 110 cm³/mol. The normalized spacial score (nSPS) is 18.4. The highest BCUT2D eigenvalue weighted by atomic mass is 19.1. The molecule has 5 nitrogen and oxygen atoms in total. The third-order valence-electron chi connectivity index (χ3n) is 5.55. The summed E-state index contributed by atoms with van der Waals surface area (Å²) in [5.41, 5.74) is 1.25. The lowest BCUT2D eigenvalue weighted by atomic mass is 9.97. The van der Waals surface area contributed by atoms with Crippen LogP contribution >= 0.6 is 0 Å².